The van der Waals surface area contributed by atoms with Gasteiger partial charge in [0.1, 0.15) is 5.82 Å². The van der Waals surface area contributed by atoms with Gasteiger partial charge in [-0.2, -0.15) is 0 Å². The van der Waals surface area contributed by atoms with E-state index < -0.39 is 0 Å². The molecular weight excluding hydrogens is 656 g/mol. The van der Waals surface area contributed by atoms with Crippen molar-refractivity contribution in [2.24, 2.45) is 0 Å². The van der Waals surface area contributed by atoms with Gasteiger partial charge in [0.05, 0.1) is 11.2 Å². The Balaban J connectivity index is 1.25. The van der Waals surface area contributed by atoms with Crippen molar-refractivity contribution in [2.75, 3.05) is 0 Å². The third kappa shape index (κ3) is 5.58. The van der Waals surface area contributed by atoms with Gasteiger partial charge in [-0.05, 0) is 105 Å². The highest BCUT2D eigenvalue weighted by molar-refractivity contribution is 6.96. The lowest BCUT2D eigenvalue weighted by Crippen LogP contribution is -2.55. The highest BCUT2D eigenvalue weighted by Gasteiger charge is 2.28. The van der Waals surface area contributed by atoms with Gasteiger partial charge in [-0.15, -0.1) is 0 Å². The van der Waals surface area contributed by atoms with E-state index in [1.807, 2.05) is 12.1 Å². The Hall–Kier alpha value is -6.06. The maximum Gasteiger partial charge on any atom is 0.242 e. The summed E-state index contributed by atoms with van der Waals surface area (Å²) in [6.07, 6.45) is 0. The molecule has 0 aliphatic carbocycles. The zero-order chi connectivity index (χ0) is 37.2. The Kier molecular flexibility index (Phi) is 8.20. The molecule has 0 unspecified atom stereocenters. The van der Waals surface area contributed by atoms with Crippen molar-refractivity contribution in [1.82, 2.24) is 4.98 Å². The van der Waals surface area contributed by atoms with Gasteiger partial charge in [-0.3, -0.25) is 0 Å². The van der Waals surface area contributed by atoms with E-state index in [1.54, 1.807) is 0 Å². The fourth-order valence-corrected chi connectivity index (χ4v) is 9.31. The summed E-state index contributed by atoms with van der Waals surface area (Å²) in [5.41, 5.74) is 16.9. The summed E-state index contributed by atoms with van der Waals surface area (Å²) >= 11 is 0. The first-order valence-corrected chi connectivity index (χ1v) is 18.8. The molecule has 0 N–H and O–H groups in total. The van der Waals surface area contributed by atoms with Crippen molar-refractivity contribution in [3.63, 3.8) is 0 Å². The lowest BCUT2D eigenvalue weighted by atomic mass is 9.34. The Morgan fingerprint density at radius 3 is 1.43 bits per heavy atom. The number of nitrogens with zero attached hydrogens (tertiary/aromatic N) is 1. The van der Waals surface area contributed by atoms with Crippen LogP contribution in [0.3, 0.4) is 0 Å². The highest BCUT2D eigenvalue weighted by atomic mass is 19.1. The SMILES string of the molecule is Cc1cc(C)c(B(c2ccc(-c3ccc4c(c3)nc(-c3ccc(F)cc3)c3c5ccccc5c5ccccc5c43)cc2)c2c(C)cc(C)cc2C)c(C)c1. The number of hydrogen-bond acceptors (Lipinski definition) is 1. The van der Waals surface area contributed by atoms with Crippen molar-refractivity contribution in [3.05, 3.63) is 179 Å². The smallest absolute Gasteiger partial charge is 0.242 e. The number of pyridine rings is 1. The lowest BCUT2D eigenvalue weighted by molar-refractivity contribution is 0.628. The standard InChI is InChI=1S/C51H41BFN/c1-30-25-32(3)49(33(4)26-30)52(50-34(5)27-31(2)28-35(50)6)39-20-15-36(16-21-39)38-19-24-45-46(29-38)54-51(37-17-22-40(53)23-18-37)48-44-14-10-8-12-42(44)41-11-7-9-13-43(41)47(45)48/h7-29H,1-6H3. The van der Waals surface area contributed by atoms with E-state index >= 15 is 0 Å². The molecule has 0 bridgehead atoms. The van der Waals surface area contributed by atoms with Crippen LogP contribution in [0.25, 0.3) is 65.6 Å². The Morgan fingerprint density at radius 1 is 0.426 bits per heavy atom. The monoisotopic (exact) mass is 697 g/mol. The number of benzene rings is 8. The molecule has 3 heteroatoms. The molecule has 0 aliphatic rings. The number of rotatable bonds is 5. The zero-order valence-electron chi connectivity index (χ0n) is 31.7. The topological polar surface area (TPSA) is 12.9 Å². The van der Waals surface area contributed by atoms with E-state index in [0.29, 0.717) is 0 Å². The first-order chi connectivity index (χ1) is 26.2. The van der Waals surface area contributed by atoms with Crippen molar-refractivity contribution >= 4 is 66.3 Å². The molecule has 1 nitrogen and oxygen atoms in total. The van der Waals surface area contributed by atoms with Crippen LogP contribution in [-0.2, 0) is 0 Å². The molecule has 8 aromatic carbocycles. The van der Waals surface area contributed by atoms with Gasteiger partial charge in [0.2, 0.25) is 6.71 Å². The summed E-state index contributed by atoms with van der Waals surface area (Å²) in [5, 5.41) is 8.10. The summed E-state index contributed by atoms with van der Waals surface area (Å²) < 4.78 is 14.2. The normalized spacial score (nSPS) is 11.6. The van der Waals surface area contributed by atoms with Crippen LogP contribution in [0.1, 0.15) is 33.4 Å². The first kappa shape index (κ1) is 33.8. The van der Waals surface area contributed by atoms with Crippen LogP contribution in [0.5, 0.6) is 0 Å². The predicted molar refractivity (Wildman–Crippen MR) is 231 cm³/mol. The minimum Gasteiger partial charge on any atom is -0.247 e. The second kappa shape index (κ2) is 13.1. The molecule has 9 rings (SSSR count). The van der Waals surface area contributed by atoms with Gasteiger partial charge >= 0.3 is 0 Å². The van der Waals surface area contributed by atoms with Gasteiger partial charge in [0.25, 0.3) is 0 Å². The molecule has 1 heterocycles. The molecule has 0 saturated carbocycles. The molecule has 0 atom stereocenters. The molecule has 54 heavy (non-hydrogen) atoms. The summed E-state index contributed by atoms with van der Waals surface area (Å²) in [4.78, 5) is 5.40. The highest BCUT2D eigenvalue weighted by Crippen LogP contribution is 2.43. The van der Waals surface area contributed by atoms with Crippen LogP contribution in [0, 0.1) is 47.4 Å². The predicted octanol–water partition coefficient (Wildman–Crippen LogP) is 11.5. The van der Waals surface area contributed by atoms with Crippen LogP contribution in [0.15, 0.2) is 140 Å². The quantitative estimate of drug-likeness (QED) is 0.129. The lowest BCUT2D eigenvalue weighted by Gasteiger charge is -2.24. The molecular formula is C51H41BFN. The maximum absolute atomic E-state index is 14.2. The molecule has 0 saturated heterocycles. The number of aromatic nitrogens is 1. The van der Waals surface area contributed by atoms with Crippen molar-refractivity contribution < 1.29 is 4.39 Å². The average Bonchev–Trinajstić information content (AvgIpc) is 3.16. The van der Waals surface area contributed by atoms with Crippen LogP contribution in [-0.4, -0.2) is 11.7 Å². The average molecular weight is 698 g/mol. The van der Waals surface area contributed by atoms with Crippen LogP contribution >= 0.6 is 0 Å². The van der Waals surface area contributed by atoms with Gasteiger partial charge in [-0.1, -0.05) is 159 Å². The van der Waals surface area contributed by atoms with E-state index in [1.165, 1.54) is 83.4 Å². The van der Waals surface area contributed by atoms with Crippen molar-refractivity contribution in [1.29, 1.82) is 0 Å². The molecule has 0 fully saturated rings. The Morgan fingerprint density at radius 2 is 0.889 bits per heavy atom. The number of halogens is 1. The second-order valence-corrected chi connectivity index (χ2v) is 15.2. The Bertz CT molecular complexity index is 2840. The molecule has 1 aromatic heterocycles. The minimum atomic E-state index is -0.257. The van der Waals surface area contributed by atoms with Crippen LogP contribution in [0.2, 0.25) is 0 Å². The Labute approximate surface area is 317 Å². The van der Waals surface area contributed by atoms with Gasteiger partial charge in [0, 0.05) is 21.7 Å². The maximum atomic E-state index is 14.2. The number of aryl methyl sites for hydroxylation is 6. The summed E-state index contributed by atoms with van der Waals surface area (Å²) in [7, 11) is 0. The molecule has 0 aliphatic heterocycles. The van der Waals surface area contributed by atoms with Crippen LogP contribution in [0.4, 0.5) is 4.39 Å². The van der Waals surface area contributed by atoms with Crippen LogP contribution < -0.4 is 16.4 Å². The third-order valence-corrected chi connectivity index (χ3v) is 11.4. The number of fused-ring (bicyclic) bond motifs is 8. The summed E-state index contributed by atoms with van der Waals surface area (Å²) in [6.45, 7) is 13.5. The van der Waals surface area contributed by atoms with Gasteiger partial charge in [-0.25, -0.2) is 9.37 Å². The fourth-order valence-electron chi connectivity index (χ4n) is 9.31. The molecule has 260 valence electrons. The molecule has 0 spiro atoms. The second-order valence-electron chi connectivity index (χ2n) is 15.2. The first-order valence-electron chi connectivity index (χ1n) is 18.8. The van der Waals surface area contributed by atoms with Crippen molar-refractivity contribution in [3.8, 4) is 22.4 Å². The fraction of sp³-hybridized carbons (Fsp3) is 0.118. The van der Waals surface area contributed by atoms with Gasteiger partial charge in [0.15, 0.2) is 0 Å². The van der Waals surface area contributed by atoms with E-state index in [4.69, 9.17) is 4.98 Å². The molecule has 9 aromatic rings. The zero-order valence-corrected chi connectivity index (χ0v) is 31.7. The molecule has 0 radical (unpaired) electrons. The van der Waals surface area contributed by atoms with E-state index in [9.17, 15) is 4.39 Å². The minimum absolute atomic E-state index is 0.117. The summed E-state index contributed by atoms with van der Waals surface area (Å²) in [5.74, 6) is -0.257. The number of hydrogen-bond donors (Lipinski definition) is 0. The van der Waals surface area contributed by atoms with E-state index in [2.05, 4.69) is 157 Å². The van der Waals surface area contributed by atoms with E-state index in [-0.39, 0.29) is 12.5 Å². The largest absolute Gasteiger partial charge is 0.247 e. The summed E-state index contributed by atoms with van der Waals surface area (Å²) in [6, 6.07) is 49.1. The van der Waals surface area contributed by atoms with E-state index in [0.717, 1.165) is 44.1 Å². The third-order valence-electron chi connectivity index (χ3n) is 11.4. The van der Waals surface area contributed by atoms with Gasteiger partial charge < -0.3 is 0 Å². The molecule has 0 amide bonds. The van der Waals surface area contributed by atoms with Crippen molar-refractivity contribution in [2.45, 2.75) is 41.5 Å².